The Kier molecular flexibility index (Phi) is 7.31. The van der Waals surface area contributed by atoms with Gasteiger partial charge in [-0.2, -0.15) is 0 Å². The van der Waals surface area contributed by atoms with Crippen molar-refractivity contribution in [2.24, 2.45) is 0 Å². The number of carbonyl (C=O) groups excluding carboxylic acids is 3. The monoisotopic (exact) mass is 530 g/mol. The second-order valence-corrected chi connectivity index (χ2v) is 8.66. The Balaban J connectivity index is 1.69. The van der Waals surface area contributed by atoms with Crippen molar-refractivity contribution in [1.82, 2.24) is 5.32 Å². The lowest BCUT2D eigenvalue weighted by Crippen LogP contribution is -2.54. The minimum Gasteiger partial charge on any atom is -0.497 e. The maximum absolute atomic E-state index is 13.2. The van der Waals surface area contributed by atoms with Crippen LogP contribution in [-0.2, 0) is 16.2 Å². The van der Waals surface area contributed by atoms with Gasteiger partial charge in [0.15, 0.2) is 0 Å². The van der Waals surface area contributed by atoms with Crippen LogP contribution in [0.1, 0.15) is 11.1 Å². The molecule has 4 rings (SSSR count). The molecule has 1 saturated heterocycles. The van der Waals surface area contributed by atoms with Gasteiger partial charge in [0.2, 0.25) is 0 Å². The van der Waals surface area contributed by atoms with Crippen LogP contribution in [0.25, 0.3) is 6.08 Å². The molecule has 7 nitrogen and oxygen atoms in total. The highest BCUT2D eigenvalue weighted by Crippen LogP contribution is 2.35. The predicted molar refractivity (Wildman–Crippen MR) is 134 cm³/mol. The minimum atomic E-state index is -0.870. The van der Waals surface area contributed by atoms with Gasteiger partial charge < -0.3 is 9.47 Å². The number of hydrogen-bond acceptors (Lipinski definition) is 5. The van der Waals surface area contributed by atoms with Crippen LogP contribution in [0, 0.1) is 0 Å². The number of nitrogens with one attached hydrogen (secondary N) is 1. The Morgan fingerprint density at radius 2 is 1.60 bits per heavy atom. The molecule has 10 heteroatoms. The van der Waals surface area contributed by atoms with Gasteiger partial charge in [0, 0.05) is 15.6 Å². The van der Waals surface area contributed by atoms with Gasteiger partial charge in [-0.05, 0) is 60.2 Å². The summed E-state index contributed by atoms with van der Waals surface area (Å²) in [6.07, 6.45) is 1.29. The van der Waals surface area contributed by atoms with Gasteiger partial charge in [-0.25, -0.2) is 9.69 Å². The van der Waals surface area contributed by atoms with E-state index in [-0.39, 0.29) is 33.7 Å². The Hall–Kier alpha value is -3.52. The average molecular weight is 532 g/mol. The zero-order chi connectivity index (χ0) is 25.1. The van der Waals surface area contributed by atoms with E-state index >= 15 is 0 Å². The number of imide groups is 2. The Morgan fingerprint density at radius 3 is 2.26 bits per heavy atom. The van der Waals surface area contributed by atoms with E-state index in [1.807, 2.05) is 0 Å². The third-order valence-corrected chi connectivity index (χ3v) is 5.82. The van der Waals surface area contributed by atoms with Crippen molar-refractivity contribution in [2.45, 2.75) is 6.61 Å². The molecule has 3 aromatic rings. The molecule has 0 atom stereocenters. The molecule has 0 aliphatic carbocycles. The molecule has 0 unspecified atom stereocenters. The SMILES string of the molecule is COc1ccc(N2C(=O)NC(=O)/C(=C\c3cc(Cl)cc(Cl)c3OCc3ccc(Cl)cc3)C2=O)cc1. The topological polar surface area (TPSA) is 84.9 Å². The van der Waals surface area contributed by atoms with Gasteiger partial charge in [0.25, 0.3) is 11.8 Å². The van der Waals surface area contributed by atoms with Crippen molar-refractivity contribution < 1.29 is 23.9 Å². The summed E-state index contributed by atoms with van der Waals surface area (Å²) in [5, 5.41) is 3.22. The van der Waals surface area contributed by atoms with Crippen LogP contribution in [0.15, 0.2) is 66.2 Å². The molecular formula is C25H17Cl3N2O5. The second kappa shape index (κ2) is 10.4. The van der Waals surface area contributed by atoms with Gasteiger partial charge in [0.05, 0.1) is 17.8 Å². The van der Waals surface area contributed by atoms with E-state index in [1.54, 1.807) is 36.4 Å². The number of barbiturate groups is 1. The number of nitrogens with zero attached hydrogens (tertiary/aromatic N) is 1. The summed E-state index contributed by atoms with van der Waals surface area (Å²) in [6.45, 7) is 0.144. The Morgan fingerprint density at radius 1 is 0.914 bits per heavy atom. The van der Waals surface area contributed by atoms with Crippen molar-refractivity contribution in [3.63, 3.8) is 0 Å². The molecule has 4 amide bonds. The first-order chi connectivity index (χ1) is 16.8. The fourth-order valence-corrected chi connectivity index (χ4v) is 4.04. The van der Waals surface area contributed by atoms with E-state index in [9.17, 15) is 14.4 Å². The van der Waals surface area contributed by atoms with Crippen molar-refractivity contribution in [2.75, 3.05) is 12.0 Å². The van der Waals surface area contributed by atoms with E-state index in [4.69, 9.17) is 44.3 Å². The van der Waals surface area contributed by atoms with Crippen LogP contribution in [0.2, 0.25) is 15.1 Å². The molecule has 0 spiro atoms. The summed E-state index contributed by atoms with van der Waals surface area (Å²) in [5.74, 6) is -0.915. The second-order valence-electron chi connectivity index (χ2n) is 7.38. The average Bonchev–Trinajstić information content (AvgIpc) is 2.82. The molecule has 1 fully saturated rings. The zero-order valence-electron chi connectivity index (χ0n) is 18.2. The zero-order valence-corrected chi connectivity index (χ0v) is 20.4. The molecule has 0 bridgehead atoms. The summed E-state index contributed by atoms with van der Waals surface area (Å²) in [4.78, 5) is 39.1. The standard InChI is InChI=1S/C25H17Cl3N2O5/c1-34-19-8-6-18(7-9-19)30-24(32)20(23(31)29-25(30)33)11-15-10-17(27)12-21(28)22(15)35-13-14-2-4-16(26)5-3-14/h2-12H,13H2,1H3,(H,29,31,33)/b20-11+. The smallest absolute Gasteiger partial charge is 0.335 e. The first-order valence-electron chi connectivity index (χ1n) is 10.2. The summed E-state index contributed by atoms with van der Waals surface area (Å²) in [5.41, 5.74) is 1.07. The van der Waals surface area contributed by atoms with Crippen molar-refractivity contribution in [3.8, 4) is 11.5 Å². The number of halogens is 3. The van der Waals surface area contributed by atoms with Crippen molar-refractivity contribution >= 4 is 64.4 Å². The molecule has 1 aliphatic heterocycles. The maximum atomic E-state index is 13.2. The molecule has 0 saturated carbocycles. The molecule has 0 aromatic heterocycles. The van der Waals surface area contributed by atoms with Crippen LogP contribution < -0.4 is 19.7 Å². The quantitative estimate of drug-likeness (QED) is 0.316. The lowest BCUT2D eigenvalue weighted by atomic mass is 10.1. The number of hydrogen-bond donors (Lipinski definition) is 1. The van der Waals surface area contributed by atoms with Crippen molar-refractivity contribution in [1.29, 1.82) is 0 Å². The summed E-state index contributed by atoms with van der Waals surface area (Å²) >= 11 is 18.5. The van der Waals surface area contributed by atoms with Gasteiger partial charge in [0.1, 0.15) is 23.7 Å². The van der Waals surface area contributed by atoms with Gasteiger partial charge >= 0.3 is 6.03 Å². The number of carbonyl (C=O) groups is 3. The van der Waals surface area contributed by atoms with E-state index < -0.39 is 17.8 Å². The molecular weight excluding hydrogens is 515 g/mol. The third kappa shape index (κ3) is 5.43. The first kappa shape index (κ1) is 24.6. The van der Waals surface area contributed by atoms with Crippen LogP contribution >= 0.6 is 34.8 Å². The van der Waals surface area contributed by atoms with Crippen LogP contribution in [-0.4, -0.2) is 25.0 Å². The molecule has 1 heterocycles. The highest BCUT2D eigenvalue weighted by molar-refractivity contribution is 6.40. The number of benzene rings is 3. The fourth-order valence-electron chi connectivity index (χ4n) is 3.35. The van der Waals surface area contributed by atoms with E-state index in [2.05, 4.69) is 5.32 Å². The number of anilines is 1. The Bertz CT molecular complexity index is 1340. The van der Waals surface area contributed by atoms with Gasteiger partial charge in [-0.3, -0.25) is 14.9 Å². The fraction of sp³-hybridized carbons (Fsp3) is 0.0800. The van der Waals surface area contributed by atoms with Gasteiger partial charge in [-0.1, -0.05) is 46.9 Å². The number of rotatable bonds is 6. The highest BCUT2D eigenvalue weighted by atomic mass is 35.5. The third-order valence-electron chi connectivity index (χ3n) is 5.07. The lowest BCUT2D eigenvalue weighted by Gasteiger charge is -2.26. The largest absolute Gasteiger partial charge is 0.497 e. The number of urea groups is 1. The highest BCUT2D eigenvalue weighted by Gasteiger charge is 2.37. The molecule has 0 radical (unpaired) electrons. The van der Waals surface area contributed by atoms with Crippen LogP contribution in [0.4, 0.5) is 10.5 Å². The molecule has 1 aliphatic rings. The number of methoxy groups -OCH3 is 1. The van der Waals surface area contributed by atoms with Gasteiger partial charge in [-0.15, -0.1) is 0 Å². The molecule has 3 aromatic carbocycles. The summed E-state index contributed by atoms with van der Waals surface area (Å²) in [7, 11) is 1.50. The molecule has 35 heavy (non-hydrogen) atoms. The lowest BCUT2D eigenvalue weighted by molar-refractivity contribution is -0.122. The van der Waals surface area contributed by atoms with Crippen LogP contribution in [0.3, 0.4) is 0 Å². The molecule has 178 valence electrons. The van der Waals surface area contributed by atoms with E-state index in [0.29, 0.717) is 16.3 Å². The van der Waals surface area contributed by atoms with Crippen LogP contribution in [0.5, 0.6) is 11.5 Å². The number of amides is 4. The molecule has 1 N–H and O–H groups in total. The normalized spacial score (nSPS) is 14.8. The summed E-state index contributed by atoms with van der Waals surface area (Å²) in [6, 6.07) is 15.4. The number of ether oxygens (including phenoxy) is 2. The maximum Gasteiger partial charge on any atom is 0.335 e. The first-order valence-corrected chi connectivity index (χ1v) is 11.3. The van der Waals surface area contributed by atoms with E-state index in [0.717, 1.165) is 10.5 Å². The predicted octanol–water partition coefficient (Wildman–Crippen LogP) is 5.90. The van der Waals surface area contributed by atoms with Crippen molar-refractivity contribution in [3.05, 3.63) is 92.4 Å². The minimum absolute atomic E-state index is 0.144. The Labute approximate surface area is 215 Å². The summed E-state index contributed by atoms with van der Waals surface area (Å²) < 4.78 is 11.0. The van der Waals surface area contributed by atoms with E-state index in [1.165, 1.54) is 37.5 Å².